The zero-order valence-corrected chi connectivity index (χ0v) is 31.7. The second-order valence-corrected chi connectivity index (χ2v) is 15.2. The summed E-state index contributed by atoms with van der Waals surface area (Å²) in [4.78, 5) is 54.1. The number of aliphatic hydroxyl groups excluding tert-OH is 8. The molecule has 2 heterocycles. The maximum Gasteiger partial charge on any atom is 0.335 e. The summed E-state index contributed by atoms with van der Waals surface area (Å²) in [6.07, 6.45) is -17.9. The molecule has 2 aliphatic carbocycles. The fraction of sp³-hybridized carbons (Fsp3) is 0.333. The first-order chi connectivity index (χ1) is 29.5. The van der Waals surface area contributed by atoms with Gasteiger partial charge in [0.1, 0.15) is 60.3 Å². The number of hydrogen-bond donors (Lipinski definition) is 10. The van der Waals surface area contributed by atoms with Crippen molar-refractivity contribution in [2.45, 2.75) is 73.2 Å². The maximum atomic E-state index is 14.6. The van der Waals surface area contributed by atoms with Crippen LogP contribution in [-0.4, -0.2) is 149 Å². The van der Waals surface area contributed by atoms with Crippen molar-refractivity contribution in [3.05, 3.63) is 116 Å². The van der Waals surface area contributed by atoms with Crippen molar-refractivity contribution in [2.75, 3.05) is 13.2 Å². The van der Waals surface area contributed by atoms with Crippen molar-refractivity contribution in [1.82, 2.24) is 0 Å². The Morgan fingerprint density at radius 3 is 1.24 bits per heavy atom. The van der Waals surface area contributed by atoms with E-state index >= 15 is 0 Å². The molecule has 0 aromatic heterocycles. The molecule has 4 aliphatic rings. The summed E-state index contributed by atoms with van der Waals surface area (Å²) in [5.41, 5.74) is -3.65. The lowest BCUT2D eigenvalue weighted by Gasteiger charge is -2.42. The number of carboxylic acid groups (broad SMARTS) is 2. The van der Waals surface area contributed by atoms with Crippen molar-refractivity contribution in [3.8, 4) is 23.0 Å². The minimum absolute atomic E-state index is 0.0452. The van der Waals surface area contributed by atoms with Crippen LogP contribution in [0.15, 0.2) is 60.7 Å². The highest BCUT2D eigenvalue weighted by Crippen LogP contribution is 2.56. The van der Waals surface area contributed by atoms with Crippen LogP contribution in [0.5, 0.6) is 23.0 Å². The molecule has 8 rings (SSSR count). The van der Waals surface area contributed by atoms with Gasteiger partial charge in [-0.25, -0.2) is 9.59 Å². The van der Waals surface area contributed by atoms with Gasteiger partial charge < -0.3 is 80.2 Å². The Hall–Kier alpha value is -6.04. The molecule has 0 unspecified atom stereocenters. The molecular weight excluding hydrogens is 824 g/mol. The van der Waals surface area contributed by atoms with Crippen molar-refractivity contribution >= 4 is 23.5 Å². The van der Waals surface area contributed by atoms with Crippen molar-refractivity contribution in [1.29, 1.82) is 0 Å². The highest BCUT2D eigenvalue weighted by Gasteiger charge is 2.49. The molecule has 20 heteroatoms. The smallest absolute Gasteiger partial charge is 0.335 e. The van der Waals surface area contributed by atoms with Gasteiger partial charge in [-0.3, -0.25) is 9.59 Å². The molecule has 0 radical (unpaired) electrons. The quantitative estimate of drug-likeness (QED) is 0.0841. The number of aromatic carboxylic acids is 2. The zero-order valence-electron chi connectivity index (χ0n) is 31.7. The Labute approximate surface area is 348 Å². The van der Waals surface area contributed by atoms with Gasteiger partial charge in [-0.15, -0.1) is 0 Å². The summed E-state index contributed by atoms with van der Waals surface area (Å²) in [5, 5.41) is 131. The van der Waals surface area contributed by atoms with Crippen LogP contribution < -0.4 is 19.7 Å². The van der Waals surface area contributed by atoms with E-state index in [4.69, 9.17) is 18.9 Å². The molecule has 4 aromatic rings. The molecule has 0 saturated carbocycles. The first-order valence-corrected chi connectivity index (χ1v) is 18.9. The predicted molar refractivity (Wildman–Crippen MR) is 198 cm³/mol. The van der Waals surface area contributed by atoms with Gasteiger partial charge in [-0.1, -0.05) is 47.9 Å². The average Bonchev–Trinajstić information content (AvgIpc) is 3.24. The Bertz CT molecular complexity index is 2330. The van der Waals surface area contributed by atoms with Crippen LogP contribution in [0.4, 0.5) is 0 Å². The van der Waals surface area contributed by atoms with Crippen LogP contribution in [0.25, 0.3) is 0 Å². The van der Waals surface area contributed by atoms with E-state index in [1.165, 1.54) is 36.4 Å². The fourth-order valence-electron chi connectivity index (χ4n) is 8.68. The minimum Gasteiger partial charge on any atom is -0.872 e. The van der Waals surface area contributed by atoms with Crippen LogP contribution in [-0.2, 0) is 9.47 Å². The fourth-order valence-corrected chi connectivity index (χ4v) is 8.68. The average molecular weight is 861 g/mol. The maximum absolute atomic E-state index is 14.6. The number of fused-ring (bicyclic) bond motifs is 4. The van der Waals surface area contributed by atoms with E-state index in [2.05, 4.69) is 0 Å². The number of rotatable bonds is 9. The van der Waals surface area contributed by atoms with Crippen LogP contribution in [0.2, 0.25) is 0 Å². The molecular formula is C42H36O20-2. The number of aliphatic hydroxyl groups is 8. The number of carboxylic acids is 2. The molecule has 2 aliphatic heterocycles. The van der Waals surface area contributed by atoms with Crippen LogP contribution in [0.1, 0.15) is 86.6 Å². The number of carbonyl (C=O) groups excluding carboxylic acids is 2. The summed E-state index contributed by atoms with van der Waals surface area (Å²) < 4.78 is 22.9. The highest BCUT2D eigenvalue weighted by atomic mass is 16.7. The van der Waals surface area contributed by atoms with Gasteiger partial charge in [0.05, 0.1) is 35.5 Å². The van der Waals surface area contributed by atoms with E-state index in [1.54, 1.807) is 0 Å². The van der Waals surface area contributed by atoms with E-state index in [1.807, 2.05) is 0 Å². The standard InChI is InChI=1S/C42H38O20/c43-11-23-31(47)35(51)37(53)41(61-23)59-21-5-1-3-15-25(17-7-13(39(55)56)9-19(45)27(17)33(49)29(15)21)26-16-4-2-6-22(60-42-38(54)36(52)32(48)24(12-44)62-42)30(16)34(50)28-18(26)8-14(40(57)58)10-20(28)46/h1-10,23-26,31-32,35-38,41-48,51-54H,11-12H2,(H,55,56)(H,57,58)/p-2/t23-,24-,25-,26-,31-,32-,35+,36+,37-,38-,41-,42-/m1/s1. The molecule has 0 spiro atoms. The van der Waals surface area contributed by atoms with Crippen molar-refractivity contribution in [2.24, 2.45) is 0 Å². The molecule has 2 saturated heterocycles. The number of ether oxygens (including phenoxy) is 4. The SMILES string of the molecule is O=C(O)c1cc([O-])c2c(c1)[C@H]([C@H]1c3cc(C(=O)O)cc([O-])c3C(=O)c3c(O[C@@H]4O[C@H](CO)[C@@H](O)[C@H](O)[C@H]4O)cccc31)c1cccc(O[C@@H]3O[C@H](CO)[C@@H](O)[C@H](O)[C@H]3O)c1C2=O. The molecule has 62 heavy (non-hydrogen) atoms. The Kier molecular flexibility index (Phi) is 11.0. The van der Waals surface area contributed by atoms with E-state index in [-0.39, 0.29) is 44.9 Å². The first kappa shape index (κ1) is 42.6. The van der Waals surface area contributed by atoms with Crippen LogP contribution >= 0.6 is 0 Å². The molecule has 326 valence electrons. The largest absolute Gasteiger partial charge is 0.872 e. The lowest BCUT2D eigenvalue weighted by Crippen LogP contribution is -2.60. The van der Waals surface area contributed by atoms with Gasteiger partial charge in [0.15, 0.2) is 11.6 Å². The van der Waals surface area contributed by atoms with Gasteiger partial charge in [0, 0.05) is 23.0 Å². The van der Waals surface area contributed by atoms with Gasteiger partial charge >= 0.3 is 11.9 Å². The molecule has 0 bridgehead atoms. The summed E-state index contributed by atoms with van der Waals surface area (Å²) in [6, 6.07) is 11.4. The number of benzene rings is 4. The Morgan fingerprint density at radius 2 is 0.903 bits per heavy atom. The topological polar surface area (TPSA) is 354 Å². The summed E-state index contributed by atoms with van der Waals surface area (Å²) in [6.45, 7) is -1.67. The number of ketones is 2. The van der Waals surface area contributed by atoms with Crippen LogP contribution in [0.3, 0.4) is 0 Å². The Balaban J connectivity index is 1.38. The second-order valence-electron chi connectivity index (χ2n) is 15.2. The number of hydrogen-bond acceptors (Lipinski definition) is 18. The summed E-state index contributed by atoms with van der Waals surface area (Å²) in [7, 11) is 0. The third-order valence-electron chi connectivity index (χ3n) is 11.6. The lowest BCUT2D eigenvalue weighted by atomic mass is 9.63. The minimum atomic E-state index is -1.96. The van der Waals surface area contributed by atoms with E-state index in [0.717, 1.165) is 12.1 Å². The van der Waals surface area contributed by atoms with Crippen molar-refractivity contribution < 1.29 is 99.4 Å². The summed E-state index contributed by atoms with van der Waals surface area (Å²) in [5.74, 6) is -11.1. The van der Waals surface area contributed by atoms with Crippen LogP contribution in [0, 0.1) is 0 Å². The second kappa shape index (κ2) is 16.0. The van der Waals surface area contributed by atoms with Gasteiger partial charge in [-0.2, -0.15) is 0 Å². The predicted octanol–water partition coefficient (Wildman–Crippen LogP) is -2.36. The molecule has 10 N–H and O–H groups in total. The highest BCUT2D eigenvalue weighted by molar-refractivity contribution is 6.18. The normalized spacial score (nSPS) is 30.1. The van der Waals surface area contributed by atoms with Gasteiger partial charge in [-0.05, 0) is 46.5 Å². The molecule has 20 nitrogen and oxygen atoms in total. The van der Waals surface area contributed by atoms with E-state index in [9.17, 15) is 80.5 Å². The molecule has 12 atom stereocenters. The van der Waals surface area contributed by atoms with Crippen molar-refractivity contribution in [3.63, 3.8) is 0 Å². The molecule has 2 fully saturated rings. The number of carbonyl (C=O) groups is 4. The molecule has 4 aromatic carbocycles. The first-order valence-electron chi connectivity index (χ1n) is 18.9. The van der Waals surface area contributed by atoms with Gasteiger partial charge in [0.25, 0.3) is 0 Å². The third-order valence-corrected chi connectivity index (χ3v) is 11.6. The monoisotopic (exact) mass is 860 g/mol. The van der Waals surface area contributed by atoms with Gasteiger partial charge in [0.2, 0.25) is 12.6 Å². The Morgan fingerprint density at radius 1 is 0.532 bits per heavy atom. The lowest BCUT2D eigenvalue weighted by molar-refractivity contribution is -0.277. The molecule has 0 amide bonds. The zero-order chi connectivity index (χ0) is 44.6. The van der Waals surface area contributed by atoms with E-state index in [0.29, 0.717) is 12.1 Å². The summed E-state index contributed by atoms with van der Waals surface area (Å²) >= 11 is 0. The van der Waals surface area contributed by atoms with E-state index < -0.39 is 144 Å². The third kappa shape index (κ3) is 6.73.